The first kappa shape index (κ1) is 13.4. The van der Waals surface area contributed by atoms with Crippen molar-refractivity contribution < 1.29 is 9.59 Å². The summed E-state index contributed by atoms with van der Waals surface area (Å²) in [6.07, 6.45) is 1.61. The predicted octanol–water partition coefficient (Wildman–Crippen LogP) is 1.72. The molecule has 5 heteroatoms. The number of carbonyl (C=O) groups is 2. The van der Waals surface area contributed by atoms with Gasteiger partial charge in [-0.1, -0.05) is 18.2 Å². The van der Waals surface area contributed by atoms with Crippen molar-refractivity contribution in [3.05, 3.63) is 29.8 Å². The zero-order valence-electron chi connectivity index (χ0n) is 11.1. The van der Waals surface area contributed by atoms with Crippen LogP contribution in [0.4, 0.5) is 10.5 Å². The Balaban J connectivity index is 2.00. The van der Waals surface area contributed by atoms with Crippen LogP contribution in [0.5, 0.6) is 0 Å². The standard InChI is InChI=1S/C14H19N3O2/c1-10-5-2-3-7-12(10)16-13(18)11-6-4-8-17(9-11)14(15)19/h2-3,5,7,11H,4,6,8-9H2,1H3,(H2,15,19)(H,16,18)/t11-/m1/s1. The summed E-state index contributed by atoms with van der Waals surface area (Å²) in [6, 6.07) is 7.20. The maximum absolute atomic E-state index is 12.2. The van der Waals surface area contributed by atoms with Gasteiger partial charge in [0.25, 0.3) is 0 Å². The maximum Gasteiger partial charge on any atom is 0.314 e. The summed E-state index contributed by atoms with van der Waals surface area (Å²) in [7, 11) is 0. The molecule has 0 bridgehead atoms. The second kappa shape index (κ2) is 5.73. The van der Waals surface area contributed by atoms with Crippen molar-refractivity contribution >= 4 is 17.6 Å². The fourth-order valence-electron chi connectivity index (χ4n) is 2.34. The molecule has 0 aliphatic carbocycles. The average molecular weight is 261 g/mol. The topological polar surface area (TPSA) is 75.4 Å². The number of nitrogens with zero attached hydrogens (tertiary/aromatic N) is 1. The lowest BCUT2D eigenvalue weighted by atomic mass is 9.97. The van der Waals surface area contributed by atoms with Crippen LogP contribution in [-0.2, 0) is 4.79 Å². The molecule has 1 saturated heterocycles. The number of urea groups is 1. The van der Waals surface area contributed by atoms with Gasteiger partial charge in [0.05, 0.1) is 5.92 Å². The van der Waals surface area contributed by atoms with E-state index in [1.54, 1.807) is 0 Å². The zero-order chi connectivity index (χ0) is 13.8. The first-order valence-corrected chi connectivity index (χ1v) is 6.49. The number of hydrogen-bond acceptors (Lipinski definition) is 2. The molecule has 3 amide bonds. The molecule has 0 saturated carbocycles. The monoisotopic (exact) mass is 261 g/mol. The largest absolute Gasteiger partial charge is 0.351 e. The van der Waals surface area contributed by atoms with Gasteiger partial charge in [-0.05, 0) is 31.4 Å². The van der Waals surface area contributed by atoms with E-state index in [0.29, 0.717) is 13.1 Å². The molecule has 1 fully saturated rings. The summed E-state index contributed by atoms with van der Waals surface area (Å²) in [6.45, 7) is 3.00. The van der Waals surface area contributed by atoms with E-state index in [4.69, 9.17) is 5.73 Å². The molecule has 0 spiro atoms. The van der Waals surface area contributed by atoms with Crippen LogP contribution in [0.3, 0.4) is 0 Å². The number of likely N-dealkylation sites (tertiary alicyclic amines) is 1. The van der Waals surface area contributed by atoms with Gasteiger partial charge in [-0.2, -0.15) is 0 Å². The molecule has 5 nitrogen and oxygen atoms in total. The van der Waals surface area contributed by atoms with E-state index in [1.165, 1.54) is 4.90 Å². The van der Waals surface area contributed by atoms with Gasteiger partial charge in [0, 0.05) is 18.8 Å². The number of carbonyl (C=O) groups excluding carboxylic acids is 2. The van der Waals surface area contributed by atoms with Crippen molar-refractivity contribution in [2.45, 2.75) is 19.8 Å². The summed E-state index contributed by atoms with van der Waals surface area (Å²) >= 11 is 0. The maximum atomic E-state index is 12.2. The average Bonchev–Trinajstić information content (AvgIpc) is 2.41. The van der Waals surface area contributed by atoms with Crippen molar-refractivity contribution in [3.63, 3.8) is 0 Å². The van der Waals surface area contributed by atoms with Crippen LogP contribution < -0.4 is 11.1 Å². The van der Waals surface area contributed by atoms with Gasteiger partial charge in [-0.15, -0.1) is 0 Å². The minimum Gasteiger partial charge on any atom is -0.351 e. The van der Waals surface area contributed by atoms with Crippen molar-refractivity contribution in [2.75, 3.05) is 18.4 Å². The molecule has 1 aromatic rings. The highest BCUT2D eigenvalue weighted by Gasteiger charge is 2.27. The highest BCUT2D eigenvalue weighted by molar-refractivity contribution is 5.93. The van der Waals surface area contributed by atoms with Gasteiger partial charge in [0.15, 0.2) is 0 Å². The third kappa shape index (κ3) is 3.24. The van der Waals surface area contributed by atoms with Crippen LogP contribution in [0, 0.1) is 12.8 Å². The number of benzene rings is 1. The smallest absolute Gasteiger partial charge is 0.314 e. The van der Waals surface area contributed by atoms with Crippen LogP contribution in [-0.4, -0.2) is 29.9 Å². The first-order valence-electron chi connectivity index (χ1n) is 6.49. The molecule has 1 aliphatic rings. The summed E-state index contributed by atoms with van der Waals surface area (Å²) < 4.78 is 0. The Morgan fingerprint density at radius 3 is 2.79 bits per heavy atom. The minimum absolute atomic E-state index is 0.0414. The molecule has 19 heavy (non-hydrogen) atoms. The Morgan fingerprint density at radius 2 is 2.11 bits per heavy atom. The number of rotatable bonds is 2. The number of amides is 3. The summed E-state index contributed by atoms with van der Waals surface area (Å²) in [5.41, 5.74) is 7.11. The fourth-order valence-corrected chi connectivity index (χ4v) is 2.34. The van der Waals surface area contributed by atoms with Crippen LogP contribution >= 0.6 is 0 Å². The van der Waals surface area contributed by atoms with Crippen molar-refractivity contribution in [2.24, 2.45) is 11.7 Å². The van der Waals surface area contributed by atoms with Crippen LogP contribution in [0.1, 0.15) is 18.4 Å². The fraction of sp³-hybridized carbons (Fsp3) is 0.429. The molecule has 102 valence electrons. The molecule has 3 N–H and O–H groups in total. The van der Waals surface area contributed by atoms with Gasteiger partial charge in [-0.3, -0.25) is 4.79 Å². The third-order valence-corrected chi connectivity index (χ3v) is 3.51. The second-order valence-electron chi connectivity index (χ2n) is 4.93. The lowest BCUT2D eigenvalue weighted by Crippen LogP contribution is -2.46. The number of hydrogen-bond donors (Lipinski definition) is 2. The lowest BCUT2D eigenvalue weighted by molar-refractivity contribution is -0.121. The second-order valence-corrected chi connectivity index (χ2v) is 4.93. The SMILES string of the molecule is Cc1ccccc1NC(=O)[C@@H]1CCCN(C(N)=O)C1. The Morgan fingerprint density at radius 1 is 1.37 bits per heavy atom. The predicted molar refractivity (Wildman–Crippen MR) is 73.7 cm³/mol. The number of primary amides is 1. The number of para-hydroxylation sites is 1. The first-order chi connectivity index (χ1) is 9.08. The highest BCUT2D eigenvalue weighted by Crippen LogP contribution is 2.20. The molecular weight excluding hydrogens is 242 g/mol. The van der Waals surface area contributed by atoms with E-state index in [0.717, 1.165) is 24.1 Å². The van der Waals surface area contributed by atoms with Gasteiger partial charge < -0.3 is 16.0 Å². The van der Waals surface area contributed by atoms with Crippen molar-refractivity contribution in [1.29, 1.82) is 0 Å². The summed E-state index contributed by atoms with van der Waals surface area (Å²) in [4.78, 5) is 24.9. The van der Waals surface area contributed by atoms with Gasteiger partial charge >= 0.3 is 6.03 Å². The third-order valence-electron chi connectivity index (χ3n) is 3.51. The number of aryl methyl sites for hydroxylation is 1. The summed E-state index contributed by atoms with van der Waals surface area (Å²) in [5, 5.41) is 2.92. The molecule has 1 atom stereocenters. The van der Waals surface area contributed by atoms with Crippen LogP contribution in [0.15, 0.2) is 24.3 Å². The molecule has 1 heterocycles. The van der Waals surface area contributed by atoms with Gasteiger partial charge in [-0.25, -0.2) is 4.79 Å². The summed E-state index contributed by atoms with van der Waals surface area (Å²) in [5.74, 6) is -0.221. The minimum atomic E-state index is -0.451. The Labute approximate surface area is 112 Å². The molecule has 0 aromatic heterocycles. The zero-order valence-corrected chi connectivity index (χ0v) is 11.1. The number of anilines is 1. The molecular formula is C14H19N3O2. The Kier molecular flexibility index (Phi) is 4.04. The Bertz CT molecular complexity index is 487. The molecule has 0 unspecified atom stereocenters. The van der Waals surface area contributed by atoms with Crippen LogP contribution in [0.2, 0.25) is 0 Å². The van der Waals surface area contributed by atoms with Gasteiger partial charge in [0.2, 0.25) is 5.91 Å². The van der Waals surface area contributed by atoms with E-state index >= 15 is 0 Å². The number of piperidine rings is 1. The van der Waals surface area contributed by atoms with E-state index in [2.05, 4.69) is 5.32 Å². The number of nitrogens with two attached hydrogens (primary N) is 1. The normalized spacial score (nSPS) is 19.0. The van der Waals surface area contributed by atoms with E-state index in [-0.39, 0.29) is 11.8 Å². The van der Waals surface area contributed by atoms with E-state index in [9.17, 15) is 9.59 Å². The molecule has 2 rings (SSSR count). The van der Waals surface area contributed by atoms with E-state index in [1.807, 2.05) is 31.2 Å². The number of nitrogens with one attached hydrogen (secondary N) is 1. The molecule has 0 radical (unpaired) electrons. The van der Waals surface area contributed by atoms with E-state index < -0.39 is 6.03 Å². The lowest BCUT2D eigenvalue weighted by Gasteiger charge is -2.30. The Hall–Kier alpha value is -2.04. The van der Waals surface area contributed by atoms with Gasteiger partial charge in [0.1, 0.15) is 0 Å². The highest BCUT2D eigenvalue weighted by atomic mass is 16.2. The van der Waals surface area contributed by atoms with Crippen molar-refractivity contribution in [3.8, 4) is 0 Å². The quantitative estimate of drug-likeness (QED) is 0.850. The molecule has 1 aliphatic heterocycles. The molecule has 1 aromatic carbocycles. The van der Waals surface area contributed by atoms with Crippen molar-refractivity contribution in [1.82, 2.24) is 4.90 Å². The van der Waals surface area contributed by atoms with Crippen LogP contribution in [0.25, 0.3) is 0 Å².